The highest BCUT2D eigenvalue weighted by atomic mass is 16.3. The molecule has 8 heteroatoms. The van der Waals surface area contributed by atoms with Gasteiger partial charge in [0.2, 0.25) is 0 Å². The van der Waals surface area contributed by atoms with E-state index < -0.39 is 5.60 Å². The second-order valence-corrected chi connectivity index (χ2v) is 8.98. The van der Waals surface area contributed by atoms with Crippen molar-refractivity contribution in [1.29, 1.82) is 0 Å². The predicted molar refractivity (Wildman–Crippen MR) is 126 cm³/mol. The largest absolute Gasteiger partial charge is 0.386 e. The van der Waals surface area contributed by atoms with Gasteiger partial charge < -0.3 is 20.6 Å². The van der Waals surface area contributed by atoms with Crippen LogP contribution in [0.15, 0.2) is 36.7 Å². The smallest absolute Gasteiger partial charge is 0.251 e. The molecule has 172 valence electrons. The number of nitrogens with zero attached hydrogens (tertiary/aromatic N) is 4. The lowest BCUT2D eigenvalue weighted by Crippen LogP contribution is -2.54. The number of carbonyl (C=O) groups is 1. The Kier molecular flexibility index (Phi) is 7.22. The van der Waals surface area contributed by atoms with E-state index >= 15 is 0 Å². The first-order valence-electron chi connectivity index (χ1n) is 11.6. The van der Waals surface area contributed by atoms with Gasteiger partial charge in [0.15, 0.2) is 0 Å². The molecule has 1 amide bonds. The fourth-order valence-electron chi connectivity index (χ4n) is 4.59. The molecule has 0 radical (unpaired) electrons. The number of benzene rings is 1. The third-order valence-corrected chi connectivity index (χ3v) is 6.44. The Bertz CT molecular complexity index is 900. The van der Waals surface area contributed by atoms with Crippen molar-refractivity contribution in [2.45, 2.75) is 44.2 Å². The molecule has 32 heavy (non-hydrogen) atoms. The lowest BCUT2D eigenvalue weighted by atomic mass is 9.92. The normalized spacial score (nSPS) is 21.9. The van der Waals surface area contributed by atoms with Crippen LogP contribution in [-0.4, -0.2) is 71.3 Å². The van der Waals surface area contributed by atoms with Crippen LogP contribution in [0.1, 0.15) is 48.0 Å². The van der Waals surface area contributed by atoms with Gasteiger partial charge in [0.1, 0.15) is 18.0 Å². The van der Waals surface area contributed by atoms with E-state index in [0.717, 1.165) is 44.2 Å². The van der Waals surface area contributed by atoms with Crippen molar-refractivity contribution in [2.24, 2.45) is 0 Å². The molecule has 2 aliphatic rings. The number of carbonyl (C=O) groups excluding carboxylic acids is 1. The van der Waals surface area contributed by atoms with Crippen LogP contribution in [0, 0.1) is 0 Å². The zero-order valence-corrected chi connectivity index (χ0v) is 18.9. The lowest BCUT2D eigenvalue weighted by molar-refractivity contribution is 0.0254. The van der Waals surface area contributed by atoms with E-state index in [4.69, 9.17) is 0 Å². The molecule has 1 aromatic heterocycles. The third-order valence-electron chi connectivity index (χ3n) is 6.44. The molecule has 2 saturated heterocycles. The van der Waals surface area contributed by atoms with Gasteiger partial charge in [0.05, 0.1) is 5.60 Å². The molecule has 3 N–H and O–H groups in total. The summed E-state index contributed by atoms with van der Waals surface area (Å²) >= 11 is 0. The Morgan fingerprint density at radius 2 is 1.88 bits per heavy atom. The minimum absolute atomic E-state index is 0.153. The Morgan fingerprint density at radius 3 is 2.62 bits per heavy atom. The van der Waals surface area contributed by atoms with Gasteiger partial charge in [-0.1, -0.05) is 18.6 Å². The molecule has 0 spiro atoms. The Hall–Kier alpha value is -2.71. The topological polar surface area (TPSA) is 93.6 Å². The van der Waals surface area contributed by atoms with Gasteiger partial charge in [-0.05, 0) is 56.5 Å². The monoisotopic (exact) mass is 438 g/mol. The number of aliphatic hydroxyl groups is 1. The fourth-order valence-corrected chi connectivity index (χ4v) is 4.59. The number of rotatable bonds is 7. The molecule has 2 fully saturated rings. The van der Waals surface area contributed by atoms with Gasteiger partial charge in [0.25, 0.3) is 5.91 Å². The van der Waals surface area contributed by atoms with Gasteiger partial charge >= 0.3 is 0 Å². The zero-order valence-electron chi connectivity index (χ0n) is 18.9. The number of anilines is 2. The van der Waals surface area contributed by atoms with Crippen molar-refractivity contribution >= 4 is 17.5 Å². The molecule has 4 rings (SSSR count). The van der Waals surface area contributed by atoms with E-state index in [1.165, 1.54) is 31.2 Å². The number of nitrogens with one attached hydrogen (secondary N) is 2. The van der Waals surface area contributed by atoms with Crippen molar-refractivity contribution < 1.29 is 9.90 Å². The van der Waals surface area contributed by atoms with Crippen molar-refractivity contribution in [3.8, 4) is 0 Å². The predicted octanol–water partition coefficient (Wildman–Crippen LogP) is 2.27. The third kappa shape index (κ3) is 5.75. The molecule has 3 heterocycles. The molecule has 2 aliphatic heterocycles. The summed E-state index contributed by atoms with van der Waals surface area (Å²) in [4.78, 5) is 25.7. The van der Waals surface area contributed by atoms with Gasteiger partial charge in [-0.3, -0.25) is 9.69 Å². The van der Waals surface area contributed by atoms with Gasteiger partial charge in [-0.15, -0.1) is 0 Å². The average molecular weight is 439 g/mol. The van der Waals surface area contributed by atoms with Crippen LogP contribution in [-0.2, 0) is 6.54 Å². The summed E-state index contributed by atoms with van der Waals surface area (Å²) in [6.07, 6.45) is 6.86. The van der Waals surface area contributed by atoms with Crippen molar-refractivity contribution in [2.75, 3.05) is 50.0 Å². The molecule has 0 aliphatic carbocycles. The molecular weight excluding hydrogens is 404 g/mol. The summed E-state index contributed by atoms with van der Waals surface area (Å²) in [5, 5.41) is 17.1. The zero-order chi connectivity index (χ0) is 22.4. The maximum atomic E-state index is 12.7. The fraction of sp³-hybridized carbons (Fsp3) is 0.542. The maximum absolute atomic E-state index is 12.7. The minimum Gasteiger partial charge on any atom is -0.386 e. The number of hydrogen-bond acceptors (Lipinski definition) is 7. The van der Waals surface area contributed by atoms with Crippen LogP contribution in [0.5, 0.6) is 0 Å². The second kappa shape index (κ2) is 10.3. The molecular formula is C24H34N6O2. The number of amides is 1. The molecule has 1 atom stereocenters. The van der Waals surface area contributed by atoms with E-state index in [-0.39, 0.29) is 12.5 Å². The second-order valence-electron chi connectivity index (χ2n) is 8.98. The molecule has 0 unspecified atom stereocenters. The van der Waals surface area contributed by atoms with Gasteiger partial charge in [-0.25, -0.2) is 9.97 Å². The highest BCUT2D eigenvalue weighted by molar-refractivity contribution is 5.94. The van der Waals surface area contributed by atoms with Crippen LogP contribution in [0.2, 0.25) is 0 Å². The molecule has 0 saturated carbocycles. The first kappa shape index (κ1) is 22.5. The van der Waals surface area contributed by atoms with E-state index in [9.17, 15) is 9.90 Å². The first-order chi connectivity index (χ1) is 15.5. The summed E-state index contributed by atoms with van der Waals surface area (Å²) in [6, 6.07) is 9.71. The van der Waals surface area contributed by atoms with Crippen molar-refractivity contribution in [1.82, 2.24) is 20.2 Å². The Balaban J connectivity index is 1.31. The summed E-state index contributed by atoms with van der Waals surface area (Å²) < 4.78 is 0. The standard InChI is InChI=1S/C24H34N6O2/c1-25-21-14-22(28-18-27-21)30-13-5-10-24(32,17-30)16-26-23(31)20-8-6-19(7-9-20)15-29-11-3-2-4-12-29/h6-9,14,18,32H,2-5,10-13,15-17H2,1H3,(H,26,31)(H,25,27,28)/t24-/m0/s1. The van der Waals surface area contributed by atoms with Crippen LogP contribution < -0.4 is 15.5 Å². The first-order valence-corrected chi connectivity index (χ1v) is 11.6. The number of aromatic nitrogens is 2. The number of β-amino-alcohol motifs (C(OH)–C–C–N with tert-alkyl or cyclic N) is 1. The van der Waals surface area contributed by atoms with E-state index in [1.54, 1.807) is 0 Å². The van der Waals surface area contributed by atoms with Crippen LogP contribution >= 0.6 is 0 Å². The molecule has 8 nitrogen and oxygen atoms in total. The lowest BCUT2D eigenvalue weighted by Gasteiger charge is -2.39. The Morgan fingerprint density at radius 1 is 1.09 bits per heavy atom. The average Bonchev–Trinajstić information content (AvgIpc) is 2.84. The molecule has 0 bridgehead atoms. The summed E-state index contributed by atoms with van der Waals surface area (Å²) in [7, 11) is 1.81. The minimum atomic E-state index is -0.993. The van der Waals surface area contributed by atoms with E-state index in [0.29, 0.717) is 18.5 Å². The number of likely N-dealkylation sites (tertiary alicyclic amines) is 1. The van der Waals surface area contributed by atoms with Crippen molar-refractivity contribution in [3.63, 3.8) is 0 Å². The van der Waals surface area contributed by atoms with Crippen LogP contribution in [0.25, 0.3) is 0 Å². The maximum Gasteiger partial charge on any atom is 0.251 e. The highest BCUT2D eigenvalue weighted by Crippen LogP contribution is 2.25. The van der Waals surface area contributed by atoms with Gasteiger partial charge in [0, 0.05) is 44.9 Å². The number of piperidine rings is 2. The van der Waals surface area contributed by atoms with Crippen LogP contribution in [0.3, 0.4) is 0 Å². The highest BCUT2D eigenvalue weighted by Gasteiger charge is 2.34. The quantitative estimate of drug-likeness (QED) is 0.611. The van der Waals surface area contributed by atoms with Gasteiger partial charge in [-0.2, -0.15) is 0 Å². The SMILES string of the molecule is CNc1cc(N2CCC[C@](O)(CNC(=O)c3ccc(CN4CCCCC4)cc3)C2)ncn1. The summed E-state index contributed by atoms with van der Waals surface area (Å²) in [6.45, 7) is 4.70. The summed E-state index contributed by atoms with van der Waals surface area (Å²) in [5.41, 5.74) is 0.862. The number of hydrogen-bond donors (Lipinski definition) is 3. The van der Waals surface area contributed by atoms with Crippen LogP contribution in [0.4, 0.5) is 11.6 Å². The summed E-state index contributed by atoms with van der Waals surface area (Å²) in [5.74, 6) is 1.36. The van der Waals surface area contributed by atoms with E-state index in [2.05, 4.69) is 25.5 Å². The van der Waals surface area contributed by atoms with E-state index in [1.807, 2.05) is 42.3 Å². The van der Waals surface area contributed by atoms with Crippen molar-refractivity contribution in [3.05, 3.63) is 47.8 Å². The molecule has 2 aromatic rings. The molecule has 1 aromatic carbocycles. The Labute approximate surface area is 190 Å².